The van der Waals surface area contributed by atoms with Crippen LogP contribution >= 0.6 is 0 Å². The molecule has 0 rings (SSSR count). The summed E-state index contributed by atoms with van der Waals surface area (Å²) >= 11 is 0. The lowest BCUT2D eigenvalue weighted by Gasteiger charge is -2.14. The molecule has 0 aromatic heterocycles. The molecule has 1 amide bonds. The van der Waals surface area contributed by atoms with E-state index in [4.69, 9.17) is 5.11 Å². The van der Waals surface area contributed by atoms with Crippen molar-refractivity contribution in [3.05, 3.63) is 0 Å². The molecule has 2 atom stereocenters. The van der Waals surface area contributed by atoms with Gasteiger partial charge in [0, 0.05) is 19.0 Å². The fourth-order valence-electron chi connectivity index (χ4n) is 1.08. The van der Waals surface area contributed by atoms with E-state index in [1.807, 2.05) is 13.8 Å². The fraction of sp³-hybridized carbons (Fsp3) is 0.889. The summed E-state index contributed by atoms with van der Waals surface area (Å²) in [5, 5.41) is 14.0. The third-order valence-electron chi connectivity index (χ3n) is 1.84. The van der Waals surface area contributed by atoms with Crippen LogP contribution < -0.4 is 10.6 Å². The number of hydrogen-bond acceptors (Lipinski definition) is 3. The quantitative estimate of drug-likeness (QED) is 0.575. The van der Waals surface area contributed by atoms with Crippen LogP contribution in [0.3, 0.4) is 0 Å². The summed E-state index contributed by atoms with van der Waals surface area (Å²) in [6.45, 7) is 4.07. The Bertz CT molecular complexity index is 191. The van der Waals surface area contributed by atoms with E-state index < -0.39 is 19.1 Å². The predicted octanol–water partition coefficient (Wildman–Crippen LogP) is 0.117. The topological polar surface area (TPSA) is 61.4 Å². The number of amides is 1. The molecule has 2 unspecified atom stereocenters. The summed E-state index contributed by atoms with van der Waals surface area (Å²) in [5.41, 5.74) is 0. The Balaban J connectivity index is 3.66. The monoisotopic (exact) mass is 224 g/mol. The van der Waals surface area contributed by atoms with Crippen molar-refractivity contribution >= 4 is 5.91 Å². The van der Waals surface area contributed by atoms with E-state index in [0.717, 1.165) is 6.54 Å². The lowest BCUT2D eigenvalue weighted by molar-refractivity contribution is -0.122. The van der Waals surface area contributed by atoms with Gasteiger partial charge in [0.1, 0.15) is 6.10 Å². The van der Waals surface area contributed by atoms with Gasteiger partial charge in [0.2, 0.25) is 5.91 Å². The van der Waals surface area contributed by atoms with Crippen molar-refractivity contribution in [2.75, 3.05) is 13.1 Å². The maximum atomic E-state index is 11.8. The molecule has 0 heterocycles. The molecule has 0 spiro atoms. The zero-order valence-electron chi connectivity index (χ0n) is 8.96. The smallest absolute Gasteiger partial charge is 0.265 e. The minimum absolute atomic E-state index is 0.00121. The van der Waals surface area contributed by atoms with Crippen molar-refractivity contribution in [2.45, 2.75) is 38.8 Å². The highest BCUT2D eigenvalue weighted by Gasteiger charge is 2.17. The average Bonchev–Trinajstić information content (AvgIpc) is 2.14. The van der Waals surface area contributed by atoms with E-state index >= 15 is 0 Å². The standard InChI is InChI=1S/C9H18F2N2O2/c1-3-12-6(2)4-8(15)13-5-7(14)9(10)11/h6-7,9,12,14H,3-5H2,1-2H3,(H,13,15). The van der Waals surface area contributed by atoms with Gasteiger partial charge in [0.25, 0.3) is 6.43 Å². The van der Waals surface area contributed by atoms with Gasteiger partial charge in [-0.25, -0.2) is 8.78 Å². The van der Waals surface area contributed by atoms with Crippen LogP contribution in [0.4, 0.5) is 8.78 Å². The van der Waals surface area contributed by atoms with Crippen LogP contribution in [-0.2, 0) is 4.79 Å². The van der Waals surface area contributed by atoms with E-state index in [2.05, 4.69) is 10.6 Å². The van der Waals surface area contributed by atoms with Crippen molar-refractivity contribution in [1.29, 1.82) is 0 Å². The molecule has 6 heteroatoms. The van der Waals surface area contributed by atoms with Gasteiger partial charge in [-0.15, -0.1) is 0 Å². The summed E-state index contributed by atoms with van der Waals surface area (Å²) in [5.74, 6) is -0.344. The van der Waals surface area contributed by atoms with Crippen LogP contribution in [0.2, 0.25) is 0 Å². The molecule has 0 aliphatic carbocycles. The maximum absolute atomic E-state index is 11.8. The Hall–Kier alpha value is -0.750. The van der Waals surface area contributed by atoms with E-state index in [1.54, 1.807) is 0 Å². The number of nitrogens with one attached hydrogen (secondary N) is 2. The molecule has 0 aliphatic heterocycles. The molecule has 0 saturated heterocycles. The predicted molar refractivity (Wildman–Crippen MR) is 52.8 cm³/mol. The van der Waals surface area contributed by atoms with Gasteiger partial charge in [-0.3, -0.25) is 4.79 Å². The molecule has 0 saturated carbocycles. The fourth-order valence-corrected chi connectivity index (χ4v) is 1.08. The molecular weight excluding hydrogens is 206 g/mol. The van der Waals surface area contributed by atoms with Crippen LogP contribution in [0.1, 0.15) is 20.3 Å². The first-order valence-corrected chi connectivity index (χ1v) is 4.93. The highest BCUT2D eigenvalue weighted by atomic mass is 19.3. The first-order chi connectivity index (χ1) is 6.97. The lowest BCUT2D eigenvalue weighted by atomic mass is 10.2. The highest BCUT2D eigenvalue weighted by molar-refractivity contribution is 5.76. The molecule has 0 bridgehead atoms. The highest BCUT2D eigenvalue weighted by Crippen LogP contribution is 1.99. The van der Waals surface area contributed by atoms with Crippen LogP contribution in [0.5, 0.6) is 0 Å². The van der Waals surface area contributed by atoms with Crippen molar-refractivity contribution in [3.8, 4) is 0 Å². The molecule has 3 N–H and O–H groups in total. The number of halogens is 2. The third-order valence-corrected chi connectivity index (χ3v) is 1.84. The maximum Gasteiger partial charge on any atom is 0.265 e. The number of aliphatic hydroxyl groups is 1. The van der Waals surface area contributed by atoms with Crippen LogP contribution in [0, 0.1) is 0 Å². The van der Waals surface area contributed by atoms with Gasteiger partial charge in [-0.05, 0) is 13.5 Å². The van der Waals surface area contributed by atoms with E-state index in [1.165, 1.54) is 0 Å². The van der Waals surface area contributed by atoms with Crippen molar-refractivity contribution in [1.82, 2.24) is 10.6 Å². The number of alkyl halides is 2. The number of aliphatic hydroxyl groups excluding tert-OH is 1. The van der Waals surface area contributed by atoms with Crippen LogP contribution in [0.25, 0.3) is 0 Å². The van der Waals surface area contributed by atoms with Gasteiger partial charge >= 0.3 is 0 Å². The van der Waals surface area contributed by atoms with Crippen molar-refractivity contribution in [2.24, 2.45) is 0 Å². The van der Waals surface area contributed by atoms with E-state index in [-0.39, 0.29) is 18.4 Å². The van der Waals surface area contributed by atoms with Crippen molar-refractivity contribution in [3.63, 3.8) is 0 Å². The van der Waals surface area contributed by atoms with E-state index in [9.17, 15) is 13.6 Å². The summed E-state index contributed by atoms with van der Waals surface area (Å²) in [4.78, 5) is 11.1. The Kier molecular flexibility index (Phi) is 7.15. The number of rotatable bonds is 7. The van der Waals surface area contributed by atoms with Gasteiger partial charge in [0.05, 0.1) is 0 Å². The molecule has 0 aromatic carbocycles. The molecule has 0 radical (unpaired) electrons. The summed E-state index contributed by atoms with van der Waals surface area (Å²) in [7, 11) is 0. The summed E-state index contributed by atoms with van der Waals surface area (Å²) in [6.07, 6.45) is -4.40. The second-order valence-electron chi connectivity index (χ2n) is 3.37. The molecule has 4 nitrogen and oxygen atoms in total. The number of carbonyl (C=O) groups is 1. The molecule has 15 heavy (non-hydrogen) atoms. The molecule has 90 valence electrons. The third kappa shape index (κ3) is 7.21. The minimum Gasteiger partial charge on any atom is -0.385 e. The van der Waals surface area contributed by atoms with Gasteiger partial charge in [-0.2, -0.15) is 0 Å². The second kappa shape index (κ2) is 7.53. The average molecular weight is 224 g/mol. The zero-order chi connectivity index (χ0) is 11.8. The Morgan fingerprint density at radius 2 is 2.07 bits per heavy atom. The lowest BCUT2D eigenvalue weighted by Crippen LogP contribution is -2.39. The molecule has 0 aliphatic rings. The Morgan fingerprint density at radius 3 is 2.53 bits per heavy atom. The molecule has 0 fully saturated rings. The Labute approximate surface area is 88.0 Å². The number of hydrogen-bond donors (Lipinski definition) is 3. The normalized spacial score (nSPS) is 15.1. The summed E-state index contributed by atoms with van der Waals surface area (Å²) < 4.78 is 23.7. The number of carbonyl (C=O) groups excluding carboxylic acids is 1. The summed E-state index contributed by atoms with van der Waals surface area (Å²) in [6, 6.07) is -0.00121. The zero-order valence-corrected chi connectivity index (χ0v) is 8.96. The molecular formula is C9H18F2N2O2. The van der Waals surface area contributed by atoms with Crippen LogP contribution in [-0.4, -0.2) is 42.7 Å². The minimum atomic E-state index is -2.82. The SMILES string of the molecule is CCNC(C)CC(=O)NCC(O)C(F)F. The van der Waals surface area contributed by atoms with Crippen LogP contribution in [0.15, 0.2) is 0 Å². The largest absolute Gasteiger partial charge is 0.385 e. The molecule has 0 aromatic rings. The van der Waals surface area contributed by atoms with Gasteiger partial charge < -0.3 is 15.7 Å². The van der Waals surface area contributed by atoms with Gasteiger partial charge in [0.15, 0.2) is 0 Å². The Morgan fingerprint density at radius 1 is 1.47 bits per heavy atom. The van der Waals surface area contributed by atoms with Crippen molar-refractivity contribution < 1.29 is 18.7 Å². The van der Waals surface area contributed by atoms with E-state index in [0.29, 0.717) is 0 Å². The second-order valence-corrected chi connectivity index (χ2v) is 3.37. The van der Waals surface area contributed by atoms with Gasteiger partial charge in [-0.1, -0.05) is 6.92 Å². The first-order valence-electron chi connectivity index (χ1n) is 4.93. The first kappa shape index (κ1) is 14.2.